The number of thiazole rings is 1. The highest BCUT2D eigenvalue weighted by Crippen LogP contribution is 2.61. The van der Waals surface area contributed by atoms with Crippen LogP contribution in [0, 0.1) is 23.2 Å². The number of anilines is 1. The first-order chi connectivity index (χ1) is 14.6. The largest absolute Gasteiger partial charge is 0.496 e. The Hall–Kier alpha value is -2.41. The zero-order valence-electron chi connectivity index (χ0n) is 17.1. The van der Waals surface area contributed by atoms with Crippen molar-refractivity contribution in [1.29, 1.82) is 0 Å². The number of hydrogen-bond donors (Lipinski definition) is 1. The fraction of sp³-hybridized carbons (Fsp3) is 0.522. The second kappa shape index (κ2) is 6.80. The average molecular weight is 423 g/mol. The molecule has 1 amide bonds. The average Bonchev–Trinajstić information content (AvgIpc) is 3.26. The van der Waals surface area contributed by atoms with Gasteiger partial charge in [-0.05, 0) is 73.8 Å². The van der Waals surface area contributed by atoms with Crippen molar-refractivity contribution in [2.75, 3.05) is 12.4 Å². The van der Waals surface area contributed by atoms with E-state index in [-0.39, 0.29) is 11.3 Å². The first kappa shape index (κ1) is 18.4. The zero-order chi connectivity index (χ0) is 20.3. The molecule has 4 aliphatic carbocycles. The van der Waals surface area contributed by atoms with Crippen LogP contribution in [0.5, 0.6) is 5.75 Å². The second-order valence-electron chi connectivity index (χ2n) is 9.59. The van der Waals surface area contributed by atoms with Crippen molar-refractivity contribution in [3.05, 3.63) is 29.6 Å². The number of carbonyl (C=O) groups excluding carboxylic acids is 1. The molecule has 4 aliphatic rings. The highest BCUT2D eigenvalue weighted by Gasteiger charge is 2.51. The number of para-hydroxylation sites is 1. The van der Waals surface area contributed by atoms with Crippen LogP contribution in [0.3, 0.4) is 0 Å². The molecule has 1 N–H and O–H groups in total. The van der Waals surface area contributed by atoms with Crippen molar-refractivity contribution >= 4 is 28.2 Å². The normalized spacial score (nSPS) is 29.4. The van der Waals surface area contributed by atoms with Gasteiger partial charge in [0.15, 0.2) is 0 Å². The van der Waals surface area contributed by atoms with E-state index in [1.807, 2.05) is 29.6 Å². The van der Waals surface area contributed by atoms with Crippen molar-refractivity contribution in [2.24, 2.45) is 23.2 Å². The van der Waals surface area contributed by atoms with Gasteiger partial charge in [0.05, 0.1) is 12.8 Å². The fourth-order valence-electron chi connectivity index (χ4n) is 6.79. The molecule has 3 aromatic rings. The third-order valence-electron chi connectivity index (χ3n) is 7.42. The van der Waals surface area contributed by atoms with Crippen molar-refractivity contribution in [3.8, 4) is 17.0 Å². The lowest BCUT2D eigenvalue weighted by Crippen LogP contribution is -2.47. The van der Waals surface area contributed by atoms with Gasteiger partial charge in [-0.3, -0.25) is 10.1 Å². The monoisotopic (exact) mass is 422 g/mol. The lowest BCUT2D eigenvalue weighted by molar-refractivity contribution is -0.124. The van der Waals surface area contributed by atoms with Gasteiger partial charge in [0.1, 0.15) is 5.75 Å². The minimum Gasteiger partial charge on any atom is -0.496 e. The third-order valence-corrected chi connectivity index (χ3v) is 8.23. The Kier molecular flexibility index (Phi) is 4.17. The van der Waals surface area contributed by atoms with Crippen molar-refractivity contribution in [3.63, 3.8) is 0 Å². The molecule has 7 heteroatoms. The van der Waals surface area contributed by atoms with Crippen LogP contribution < -0.4 is 10.1 Å². The summed E-state index contributed by atoms with van der Waals surface area (Å²) in [6.45, 7) is 0. The van der Waals surface area contributed by atoms with Gasteiger partial charge < -0.3 is 4.74 Å². The number of aromatic nitrogens is 3. The van der Waals surface area contributed by atoms with Gasteiger partial charge in [0.25, 0.3) is 0 Å². The van der Waals surface area contributed by atoms with E-state index in [4.69, 9.17) is 4.74 Å². The van der Waals surface area contributed by atoms with Crippen molar-refractivity contribution < 1.29 is 9.53 Å². The number of carbonyl (C=O) groups is 1. The number of nitrogens with zero attached hydrogens (tertiary/aromatic N) is 3. The van der Waals surface area contributed by atoms with E-state index in [0.717, 1.165) is 39.7 Å². The maximum atomic E-state index is 12.9. The first-order valence-electron chi connectivity index (χ1n) is 10.9. The Labute approximate surface area is 179 Å². The summed E-state index contributed by atoms with van der Waals surface area (Å²) >= 11 is 1.51. The minimum absolute atomic E-state index is 0.0639. The van der Waals surface area contributed by atoms with Crippen LogP contribution in [0.1, 0.15) is 44.9 Å². The number of fused-ring (bicyclic) bond motifs is 1. The zero-order valence-corrected chi connectivity index (χ0v) is 18.0. The second-order valence-corrected chi connectivity index (χ2v) is 10.4. The van der Waals surface area contributed by atoms with Crippen molar-refractivity contribution in [2.45, 2.75) is 44.9 Å². The van der Waals surface area contributed by atoms with E-state index >= 15 is 0 Å². The number of ether oxygens (including phenoxy) is 1. The maximum Gasteiger partial charge on any atom is 0.250 e. The van der Waals surface area contributed by atoms with Crippen molar-refractivity contribution in [1.82, 2.24) is 14.6 Å². The van der Waals surface area contributed by atoms with E-state index in [9.17, 15) is 4.79 Å². The Morgan fingerprint density at radius 3 is 2.60 bits per heavy atom. The number of nitrogens with one attached hydrogen (secondary N) is 1. The predicted octanol–water partition coefficient (Wildman–Crippen LogP) is 5.01. The van der Waals surface area contributed by atoms with Crippen LogP contribution in [-0.4, -0.2) is 27.6 Å². The van der Waals surface area contributed by atoms with Crippen LogP contribution in [0.15, 0.2) is 29.6 Å². The van der Waals surface area contributed by atoms with E-state index in [1.54, 1.807) is 11.6 Å². The van der Waals surface area contributed by atoms with Gasteiger partial charge >= 0.3 is 0 Å². The topological polar surface area (TPSA) is 68.5 Å². The summed E-state index contributed by atoms with van der Waals surface area (Å²) in [6.07, 6.45) is 8.49. The van der Waals surface area contributed by atoms with Crippen LogP contribution in [0.2, 0.25) is 0 Å². The smallest absolute Gasteiger partial charge is 0.250 e. The van der Waals surface area contributed by atoms with Crippen LogP contribution in [-0.2, 0) is 4.79 Å². The summed E-state index contributed by atoms with van der Waals surface area (Å²) < 4.78 is 7.29. The fourth-order valence-corrected chi connectivity index (χ4v) is 7.61. The minimum atomic E-state index is 0.0639. The summed E-state index contributed by atoms with van der Waals surface area (Å²) in [7, 11) is 1.67. The number of rotatable bonds is 5. The number of methoxy groups -OCH3 is 1. The van der Waals surface area contributed by atoms with E-state index < -0.39 is 0 Å². The van der Waals surface area contributed by atoms with Crippen LogP contribution in [0.25, 0.3) is 16.2 Å². The lowest BCUT2D eigenvalue weighted by Gasteiger charge is -2.56. The van der Waals surface area contributed by atoms with Gasteiger partial charge in [-0.25, -0.2) is 4.52 Å². The van der Waals surface area contributed by atoms with E-state index in [2.05, 4.69) is 15.4 Å². The molecular formula is C23H26N4O2S. The molecule has 0 unspecified atom stereocenters. The number of hydrogen-bond acceptors (Lipinski definition) is 5. The highest BCUT2D eigenvalue weighted by molar-refractivity contribution is 7.15. The van der Waals surface area contributed by atoms with Gasteiger partial charge in [0.2, 0.25) is 16.8 Å². The molecule has 6 nitrogen and oxygen atoms in total. The Morgan fingerprint density at radius 2 is 1.90 bits per heavy atom. The van der Waals surface area contributed by atoms with Gasteiger partial charge in [-0.1, -0.05) is 12.1 Å². The van der Waals surface area contributed by atoms with E-state index in [0.29, 0.717) is 12.4 Å². The molecule has 4 bridgehead atoms. The molecular weight excluding hydrogens is 396 g/mol. The quantitative estimate of drug-likeness (QED) is 0.627. The molecule has 2 aromatic heterocycles. The number of amides is 1. The molecule has 156 valence electrons. The molecule has 0 spiro atoms. The molecule has 0 saturated heterocycles. The summed E-state index contributed by atoms with van der Waals surface area (Å²) in [6, 6.07) is 7.87. The molecule has 30 heavy (non-hydrogen) atoms. The Morgan fingerprint density at radius 1 is 1.20 bits per heavy atom. The summed E-state index contributed by atoms with van der Waals surface area (Å²) in [4.78, 5) is 18.2. The number of benzene rings is 1. The Balaban J connectivity index is 1.22. The molecule has 1 aromatic carbocycles. The third kappa shape index (κ3) is 3.02. The molecule has 4 fully saturated rings. The Bertz CT molecular complexity index is 1080. The first-order valence-corrected chi connectivity index (χ1v) is 11.8. The summed E-state index contributed by atoms with van der Waals surface area (Å²) in [5.74, 6) is 3.80. The summed E-state index contributed by atoms with van der Waals surface area (Å²) in [5.41, 5.74) is 2.10. The van der Waals surface area contributed by atoms with Gasteiger partial charge in [0, 0.05) is 17.4 Å². The SMILES string of the molecule is COc1ccccc1-c1csc2nc(NC(=O)CC34CC5CC(CC(C5)C3)C4)nn12. The van der Waals surface area contributed by atoms with E-state index in [1.165, 1.54) is 49.9 Å². The summed E-state index contributed by atoms with van der Waals surface area (Å²) in [5, 5.41) is 9.60. The molecule has 7 rings (SSSR count). The van der Waals surface area contributed by atoms with Gasteiger partial charge in [-0.2, -0.15) is 4.98 Å². The predicted molar refractivity (Wildman–Crippen MR) is 117 cm³/mol. The molecule has 4 saturated carbocycles. The maximum absolute atomic E-state index is 12.9. The molecule has 0 radical (unpaired) electrons. The molecule has 0 aliphatic heterocycles. The molecule has 0 atom stereocenters. The lowest BCUT2D eigenvalue weighted by atomic mass is 9.49. The van der Waals surface area contributed by atoms with Gasteiger partial charge in [-0.15, -0.1) is 16.4 Å². The van der Waals surface area contributed by atoms with Crippen LogP contribution >= 0.6 is 11.3 Å². The standard InChI is InChI=1S/C23H26N4O2S/c1-29-19-5-3-2-4-17(19)18-13-30-22-25-21(26-27(18)22)24-20(28)12-23-9-14-6-15(10-23)8-16(7-14)11-23/h2-5,13-16H,6-12H2,1H3,(H,24,26,28). The highest BCUT2D eigenvalue weighted by atomic mass is 32.1. The van der Waals surface area contributed by atoms with Crippen LogP contribution in [0.4, 0.5) is 5.95 Å². The molecule has 2 heterocycles.